The van der Waals surface area contributed by atoms with Crippen LogP contribution in [0.1, 0.15) is 33.3 Å². The molecule has 1 aromatic rings. The van der Waals surface area contributed by atoms with E-state index in [4.69, 9.17) is 0 Å². The highest BCUT2D eigenvalue weighted by Crippen LogP contribution is 2.14. The molecule has 0 spiro atoms. The maximum absolute atomic E-state index is 3.55. The molecule has 1 atom stereocenters. The van der Waals surface area contributed by atoms with Gasteiger partial charge in [0, 0.05) is 29.1 Å². The summed E-state index contributed by atoms with van der Waals surface area (Å²) in [7, 11) is 2.18. The molecule has 0 saturated heterocycles. The molecule has 102 valence electrons. The highest BCUT2D eigenvalue weighted by atomic mass is 79.9. The van der Waals surface area contributed by atoms with Crippen molar-refractivity contribution in [3.63, 3.8) is 0 Å². The van der Waals surface area contributed by atoms with Crippen LogP contribution in [0.4, 0.5) is 0 Å². The number of benzene rings is 1. The standard InChI is InChI=1S/C15H25BrN2/c1-12(10-17-15(2,3)4)18(5)11-13-7-6-8-14(16)9-13/h6-9,12,17H,10-11H2,1-5H3. The predicted octanol–water partition coefficient (Wildman–Crippen LogP) is 3.66. The van der Waals surface area contributed by atoms with Gasteiger partial charge in [-0.3, -0.25) is 4.90 Å². The molecule has 1 unspecified atom stereocenters. The van der Waals surface area contributed by atoms with Crippen molar-refractivity contribution in [1.29, 1.82) is 0 Å². The van der Waals surface area contributed by atoms with Crippen LogP contribution in [-0.2, 0) is 6.54 Å². The monoisotopic (exact) mass is 312 g/mol. The third-order valence-electron chi connectivity index (χ3n) is 3.00. The number of rotatable bonds is 5. The quantitative estimate of drug-likeness (QED) is 0.892. The van der Waals surface area contributed by atoms with Crippen molar-refractivity contribution >= 4 is 15.9 Å². The van der Waals surface area contributed by atoms with Gasteiger partial charge in [0.15, 0.2) is 0 Å². The van der Waals surface area contributed by atoms with E-state index >= 15 is 0 Å². The van der Waals surface area contributed by atoms with Gasteiger partial charge in [-0.05, 0) is 52.4 Å². The van der Waals surface area contributed by atoms with E-state index < -0.39 is 0 Å². The molecule has 2 nitrogen and oxygen atoms in total. The van der Waals surface area contributed by atoms with Gasteiger partial charge in [-0.1, -0.05) is 28.1 Å². The van der Waals surface area contributed by atoms with Crippen LogP contribution in [-0.4, -0.2) is 30.1 Å². The smallest absolute Gasteiger partial charge is 0.0234 e. The zero-order chi connectivity index (χ0) is 13.8. The summed E-state index contributed by atoms with van der Waals surface area (Å²) in [5.41, 5.74) is 1.53. The van der Waals surface area contributed by atoms with E-state index in [9.17, 15) is 0 Å². The highest BCUT2D eigenvalue weighted by molar-refractivity contribution is 9.10. The molecule has 0 aliphatic carbocycles. The number of nitrogens with zero attached hydrogens (tertiary/aromatic N) is 1. The molecule has 1 N–H and O–H groups in total. The van der Waals surface area contributed by atoms with Gasteiger partial charge >= 0.3 is 0 Å². The van der Waals surface area contributed by atoms with Crippen molar-refractivity contribution in [3.05, 3.63) is 34.3 Å². The molecular formula is C15H25BrN2. The molecule has 0 radical (unpaired) electrons. The summed E-state index contributed by atoms with van der Waals surface area (Å²) in [5, 5.41) is 3.55. The summed E-state index contributed by atoms with van der Waals surface area (Å²) in [5.74, 6) is 0. The summed E-state index contributed by atoms with van der Waals surface area (Å²) in [6, 6.07) is 9.02. The zero-order valence-corrected chi connectivity index (χ0v) is 13.7. The molecule has 18 heavy (non-hydrogen) atoms. The largest absolute Gasteiger partial charge is 0.311 e. The lowest BCUT2D eigenvalue weighted by Gasteiger charge is -2.29. The lowest BCUT2D eigenvalue weighted by atomic mass is 10.1. The van der Waals surface area contributed by atoms with Crippen molar-refractivity contribution in [2.75, 3.05) is 13.6 Å². The van der Waals surface area contributed by atoms with Crippen molar-refractivity contribution < 1.29 is 0 Å². The van der Waals surface area contributed by atoms with Crippen LogP contribution in [0.2, 0.25) is 0 Å². The summed E-state index contributed by atoms with van der Waals surface area (Å²) in [4.78, 5) is 2.38. The van der Waals surface area contributed by atoms with E-state index in [1.54, 1.807) is 0 Å². The number of likely N-dealkylation sites (N-methyl/N-ethyl adjacent to an activating group) is 1. The first-order valence-electron chi connectivity index (χ1n) is 6.47. The van der Waals surface area contributed by atoms with E-state index in [0.29, 0.717) is 6.04 Å². The van der Waals surface area contributed by atoms with Crippen LogP contribution in [0.25, 0.3) is 0 Å². The summed E-state index contributed by atoms with van der Waals surface area (Å²) in [6.45, 7) is 10.9. The second-order valence-corrected chi connectivity index (χ2v) is 6.94. The van der Waals surface area contributed by atoms with Gasteiger partial charge in [0.25, 0.3) is 0 Å². The molecule has 0 heterocycles. The second kappa shape index (κ2) is 6.69. The van der Waals surface area contributed by atoms with E-state index in [2.05, 4.69) is 85.2 Å². The Kier molecular flexibility index (Phi) is 5.83. The highest BCUT2D eigenvalue weighted by Gasteiger charge is 2.14. The summed E-state index contributed by atoms with van der Waals surface area (Å²) >= 11 is 3.52. The normalized spacial score (nSPS) is 13.9. The van der Waals surface area contributed by atoms with E-state index in [0.717, 1.165) is 17.6 Å². The van der Waals surface area contributed by atoms with Gasteiger partial charge in [-0.25, -0.2) is 0 Å². The van der Waals surface area contributed by atoms with Crippen molar-refractivity contribution in [2.24, 2.45) is 0 Å². The molecule has 1 aromatic carbocycles. The first kappa shape index (κ1) is 15.7. The minimum Gasteiger partial charge on any atom is -0.311 e. The predicted molar refractivity (Wildman–Crippen MR) is 82.8 cm³/mol. The maximum atomic E-state index is 3.55. The van der Waals surface area contributed by atoms with Crippen LogP contribution in [0.15, 0.2) is 28.7 Å². The molecule has 0 aliphatic rings. The Morgan fingerprint density at radius 2 is 2.00 bits per heavy atom. The van der Waals surface area contributed by atoms with Gasteiger partial charge in [-0.2, -0.15) is 0 Å². The maximum Gasteiger partial charge on any atom is 0.0234 e. The van der Waals surface area contributed by atoms with Crippen LogP contribution in [0, 0.1) is 0 Å². The first-order chi connectivity index (χ1) is 8.28. The van der Waals surface area contributed by atoms with Crippen molar-refractivity contribution in [2.45, 2.75) is 45.8 Å². The van der Waals surface area contributed by atoms with Crippen LogP contribution < -0.4 is 5.32 Å². The van der Waals surface area contributed by atoms with Crippen LogP contribution >= 0.6 is 15.9 Å². The summed E-state index contributed by atoms with van der Waals surface area (Å²) < 4.78 is 1.15. The van der Waals surface area contributed by atoms with Gasteiger partial charge in [0.1, 0.15) is 0 Å². The lowest BCUT2D eigenvalue weighted by molar-refractivity contribution is 0.228. The average molecular weight is 313 g/mol. The minimum atomic E-state index is 0.185. The lowest BCUT2D eigenvalue weighted by Crippen LogP contribution is -2.44. The fraction of sp³-hybridized carbons (Fsp3) is 0.600. The zero-order valence-electron chi connectivity index (χ0n) is 12.1. The Morgan fingerprint density at radius 1 is 1.33 bits per heavy atom. The Balaban J connectivity index is 2.47. The molecule has 1 rings (SSSR count). The Bertz CT molecular complexity index is 371. The van der Waals surface area contributed by atoms with E-state index in [-0.39, 0.29) is 5.54 Å². The average Bonchev–Trinajstić information content (AvgIpc) is 2.24. The molecule has 0 fully saturated rings. The summed E-state index contributed by atoms with van der Waals surface area (Å²) in [6.07, 6.45) is 0. The number of halogens is 1. The topological polar surface area (TPSA) is 15.3 Å². The van der Waals surface area contributed by atoms with Crippen LogP contribution in [0.3, 0.4) is 0 Å². The molecule has 0 aromatic heterocycles. The number of hydrogen-bond donors (Lipinski definition) is 1. The molecule has 0 amide bonds. The number of hydrogen-bond acceptors (Lipinski definition) is 2. The van der Waals surface area contributed by atoms with E-state index in [1.165, 1.54) is 5.56 Å². The molecule has 0 bridgehead atoms. The second-order valence-electron chi connectivity index (χ2n) is 6.02. The Labute approximate surface area is 120 Å². The third kappa shape index (κ3) is 5.98. The molecular weight excluding hydrogens is 288 g/mol. The number of nitrogens with one attached hydrogen (secondary N) is 1. The van der Waals surface area contributed by atoms with Gasteiger partial charge < -0.3 is 5.32 Å². The Morgan fingerprint density at radius 3 is 2.56 bits per heavy atom. The van der Waals surface area contributed by atoms with Gasteiger partial charge in [0.05, 0.1) is 0 Å². The van der Waals surface area contributed by atoms with Crippen molar-refractivity contribution in [3.8, 4) is 0 Å². The third-order valence-corrected chi connectivity index (χ3v) is 3.49. The fourth-order valence-electron chi connectivity index (χ4n) is 1.69. The molecule has 0 saturated carbocycles. The van der Waals surface area contributed by atoms with Gasteiger partial charge in [0.2, 0.25) is 0 Å². The molecule has 3 heteroatoms. The van der Waals surface area contributed by atoms with Crippen LogP contribution in [0.5, 0.6) is 0 Å². The van der Waals surface area contributed by atoms with Gasteiger partial charge in [-0.15, -0.1) is 0 Å². The van der Waals surface area contributed by atoms with E-state index in [1.807, 2.05) is 0 Å². The SMILES string of the molecule is CC(CNC(C)(C)C)N(C)Cc1cccc(Br)c1. The first-order valence-corrected chi connectivity index (χ1v) is 7.27. The Hall–Kier alpha value is -0.380. The molecule has 0 aliphatic heterocycles. The van der Waals surface area contributed by atoms with Crippen molar-refractivity contribution in [1.82, 2.24) is 10.2 Å². The minimum absolute atomic E-state index is 0.185. The fourth-order valence-corrected chi connectivity index (χ4v) is 2.14.